The second-order valence-electron chi connectivity index (χ2n) is 3.97. The number of tetrazole rings is 1. The molecule has 1 aliphatic heterocycles. The predicted octanol–water partition coefficient (Wildman–Crippen LogP) is -0.830. The molecular weight excluding hydrogens is 240 g/mol. The van der Waals surface area contributed by atoms with Crippen LogP contribution in [0.1, 0.15) is 12.8 Å². The maximum Gasteiger partial charge on any atom is 0.230 e. The number of nitrogens with zero attached hydrogens (tertiary/aromatic N) is 4. The minimum Gasteiger partial charge on any atom is -0.354 e. The average molecular weight is 256 g/mol. The van der Waals surface area contributed by atoms with Crippen molar-refractivity contribution in [2.45, 2.75) is 24.0 Å². The van der Waals surface area contributed by atoms with Gasteiger partial charge in [0, 0.05) is 19.6 Å². The molecule has 2 heterocycles. The van der Waals surface area contributed by atoms with Gasteiger partial charge in [-0.3, -0.25) is 4.79 Å². The number of carbonyl (C=O) groups excluding carboxylic acids is 1. The maximum absolute atomic E-state index is 11.6. The fourth-order valence-corrected chi connectivity index (χ4v) is 2.37. The molecule has 0 spiro atoms. The highest BCUT2D eigenvalue weighted by atomic mass is 32.2. The van der Waals surface area contributed by atoms with Crippen molar-refractivity contribution in [3.8, 4) is 0 Å². The first-order valence-corrected chi connectivity index (χ1v) is 6.59. The van der Waals surface area contributed by atoms with Gasteiger partial charge in [-0.2, -0.15) is 0 Å². The van der Waals surface area contributed by atoms with Crippen molar-refractivity contribution in [3.05, 3.63) is 0 Å². The lowest BCUT2D eigenvalue weighted by atomic mass is 10.2. The van der Waals surface area contributed by atoms with Crippen LogP contribution in [-0.2, 0) is 11.8 Å². The van der Waals surface area contributed by atoms with E-state index in [2.05, 4.69) is 26.2 Å². The summed E-state index contributed by atoms with van der Waals surface area (Å²) in [6, 6.07) is 0.431. The molecule has 94 valence electrons. The van der Waals surface area contributed by atoms with E-state index in [1.54, 1.807) is 11.7 Å². The minimum atomic E-state index is 0.0201. The molecule has 17 heavy (non-hydrogen) atoms. The minimum absolute atomic E-state index is 0.0201. The first-order valence-electron chi connectivity index (χ1n) is 5.61. The Kier molecular flexibility index (Phi) is 4.32. The van der Waals surface area contributed by atoms with Crippen LogP contribution >= 0.6 is 11.8 Å². The average Bonchev–Trinajstić information content (AvgIpc) is 2.95. The highest BCUT2D eigenvalue weighted by Gasteiger charge is 2.15. The Morgan fingerprint density at radius 3 is 3.24 bits per heavy atom. The molecule has 0 aromatic carbocycles. The number of rotatable bonds is 5. The lowest BCUT2D eigenvalue weighted by Gasteiger charge is -2.10. The molecule has 1 aromatic rings. The van der Waals surface area contributed by atoms with E-state index in [0.29, 0.717) is 23.5 Å². The van der Waals surface area contributed by atoms with Crippen LogP contribution in [0.2, 0.25) is 0 Å². The van der Waals surface area contributed by atoms with Crippen molar-refractivity contribution < 1.29 is 4.79 Å². The zero-order valence-corrected chi connectivity index (χ0v) is 10.5. The van der Waals surface area contributed by atoms with E-state index < -0.39 is 0 Å². The molecule has 1 aliphatic rings. The van der Waals surface area contributed by atoms with Crippen molar-refractivity contribution >= 4 is 17.7 Å². The van der Waals surface area contributed by atoms with Crippen LogP contribution in [0.25, 0.3) is 0 Å². The summed E-state index contributed by atoms with van der Waals surface area (Å²) in [5.74, 6) is 0.368. The van der Waals surface area contributed by atoms with Crippen molar-refractivity contribution in [1.82, 2.24) is 30.8 Å². The number of aryl methyl sites for hydroxylation is 1. The maximum atomic E-state index is 11.6. The van der Waals surface area contributed by atoms with E-state index in [-0.39, 0.29) is 5.91 Å². The molecule has 0 saturated carbocycles. The van der Waals surface area contributed by atoms with E-state index >= 15 is 0 Å². The van der Waals surface area contributed by atoms with Gasteiger partial charge in [0.25, 0.3) is 0 Å². The largest absolute Gasteiger partial charge is 0.354 e. The predicted molar refractivity (Wildman–Crippen MR) is 63.6 cm³/mol. The summed E-state index contributed by atoms with van der Waals surface area (Å²) in [6.45, 7) is 1.76. The number of thioether (sulfide) groups is 1. The van der Waals surface area contributed by atoms with E-state index in [0.717, 1.165) is 13.0 Å². The normalized spacial score (nSPS) is 19.5. The van der Waals surface area contributed by atoms with Gasteiger partial charge in [0.1, 0.15) is 0 Å². The van der Waals surface area contributed by atoms with Crippen LogP contribution < -0.4 is 10.6 Å². The Labute approximate surface area is 104 Å². The summed E-state index contributed by atoms with van der Waals surface area (Å²) in [6.07, 6.45) is 2.33. The van der Waals surface area contributed by atoms with Crippen LogP contribution in [0.4, 0.5) is 0 Å². The molecule has 0 unspecified atom stereocenters. The SMILES string of the molecule is Cn1nnnc1SCC(=O)NC[C@@H]1CCCN1. The quantitative estimate of drug-likeness (QED) is 0.669. The van der Waals surface area contributed by atoms with Crippen LogP contribution in [0.3, 0.4) is 0 Å². The van der Waals surface area contributed by atoms with Gasteiger partial charge in [-0.05, 0) is 29.8 Å². The van der Waals surface area contributed by atoms with Crippen molar-refractivity contribution in [2.24, 2.45) is 7.05 Å². The molecule has 0 radical (unpaired) electrons. The third-order valence-electron chi connectivity index (χ3n) is 2.62. The van der Waals surface area contributed by atoms with Crippen LogP contribution in [0, 0.1) is 0 Å². The number of hydrogen-bond acceptors (Lipinski definition) is 6. The molecule has 0 aliphatic carbocycles. The Balaban J connectivity index is 1.65. The molecule has 1 fully saturated rings. The summed E-state index contributed by atoms with van der Waals surface area (Å²) in [4.78, 5) is 11.6. The zero-order chi connectivity index (χ0) is 12.1. The van der Waals surface area contributed by atoms with Crippen LogP contribution in [0.5, 0.6) is 0 Å². The summed E-state index contributed by atoms with van der Waals surface area (Å²) < 4.78 is 1.55. The zero-order valence-electron chi connectivity index (χ0n) is 9.72. The summed E-state index contributed by atoms with van der Waals surface area (Å²) >= 11 is 1.34. The lowest BCUT2D eigenvalue weighted by Crippen LogP contribution is -2.37. The van der Waals surface area contributed by atoms with Gasteiger partial charge < -0.3 is 10.6 Å². The fraction of sp³-hybridized carbons (Fsp3) is 0.778. The molecule has 7 nitrogen and oxygen atoms in total. The molecule has 1 amide bonds. The van der Waals surface area contributed by atoms with Gasteiger partial charge in [0.05, 0.1) is 5.75 Å². The first kappa shape index (κ1) is 12.3. The molecule has 1 aromatic heterocycles. The molecule has 2 rings (SSSR count). The van der Waals surface area contributed by atoms with Crippen LogP contribution in [-0.4, -0.2) is 51.0 Å². The number of carbonyl (C=O) groups is 1. The Morgan fingerprint density at radius 2 is 2.59 bits per heavy atom. The molecule has 1 atom stereocenters. The Bertz CT molecular complexity index is 375. The Hall–Kier alpha value is -1.15. The van der Waals surface area contributed by atoms with Gasteiger partial charge in [0.15, 0.2) is 0 Å². The van der Waals surface area contributed by atoms with Gasteiger partial charge in [0.2, 0.25) is 11.1 Å². The van der Waals surface area contributed by atoms with E-state index in [1.807, 2.05) is 0 Å². The highest BCUT2D eigenvalue weighted by molar-refractivity contribution is 7.99. The monoisotopic (exact) mass is 256 g/mol. The first-order chi connectivity index (χ1) is 8.25. The van der Waals surface area contributed by atoms with Gasteiger partial charge in [-0.25, -0.2) is 4.68 Å². The topological polar surface area (TPSA) is 84.7 Å². The summed E-state index contributed by atoms with van der Waals surface area (Å²) in [5, 5.41) is 17.9. The van der Waals surface area contributed by atoms with Crippen LogP contribution in [0.15, 0.2) is 5.16 Å². The smallest absolute Gasteiger partial charge is 0.230 e. The third-order valence-corrected chi connectivity index (χ3v) is 3.63. The number of aromatic nitrogens is 4. The van der Waals surface area contributed by atoms with E-state index in [9.17, 15) is 4.79 Å². The third kappa shape index (κ3) is 3.67. The van der Waals surface area contributed by atoms with Crippen molar-refractivity contribution in [2.75, 3.05) is 18.8 Å². The van der Waals surface area contributed by atoms with Gasteiger partial charge in [-0.1, -0.05) is 11.8 Å². The number of nitrogens with one attached hydrogen (secondary N) is 2. The van der Waals surface area contributed by atoms with E-state index in [1.165, 1.54) is 18.2 Å². The van der Waals surface area contributed by atoms with Crippen molar-refractivity contribution in [3.63, 3.8) is 0 Å². The molecule has 2 N–H and O–H groups in total. The van der Waals surface area contributed by atoms with Gasteiger partial charge >= 0.3 is 0 Å². The van der Waals surface area contributed by atoms with Gasteiger partial charge in [-0.15, -0.1) is 5.10 Å². The van der Waals surface area contributed by atoms with Crippen molar-refractivity contribution in [1.29, 1.82) is 0 Å². The second kappa shape index (κ2) is 5.97. The summed E-state index contributed by atoms with van der Waals surface area (Å²) in [7, 11) is 1.75. The number of amides is 1. The molecule has 8 heteroatoms. The standard InChI is InChI=1S/C9H16N6OS/c1-15-9(12-13-14-15)17-6-8(16)11-5-7-3-2-4-10-7/h7,10H,2-6H2,1H3,(H,11,16)/t7-/m0/s1. The lowest BCUT2D eigenvalue weighted by molar-refractivity contribution is -0.118. The molecule has 1 saturated heterocycles. The highest BCUT2D eigenvalue weighted by Crippen LogP contribution is 2.11. The van der Waals surface area contributed by atoms with E-state index in [4.69, 9.17) is 0 Å². The summed E-state index contributed by atoms with van der Waals surface area (Å²) in [5.41, 5.74) is 0. The second-order valence-corrected chi connectivity index (χ2v) is 4.91. The number of hydrogen-bond donors (Lipinski definition) is 2. The Morgan fingerprint density at radius 1 is 1.71 bits per heavy atom. The fourth-order valence-electron chi connectivity index (χ4n) is 1.69. The molecule has 0 bridgehead atoms. The molecular formula is C9H16N6OS.